The second-order valence-electron chi connectivity index (χ2n) is 5.16. The number of halogens is 1. The molecule has 1 heterocycles. The lowest BCUT2D eigenvalue weighted by atomic mass is 10.2. The van der Waals surface area contributed by atoms with Crippen LogP contribution < -0.4 is 9.47 Å². The standard InChI is InChI=1S/C16H16BrNO4S/c1-18(11-12-4-2-3-5-14(12)17)23(19,20)13-6-7-15-16(10-13)22-9-8-21-15/h2-7,10H,8-9,11H2,1H3. The molecule has 0 atom stereocenters. The normalized spacial score (nSPS) is 14.0. The lowest BCUT2D eigenvalue weighted by Gasteiger charge is -2.21. The van der Waals surface area contributed by atoms with Gasteiger partial charge in [-0.15, -0.1) is 0 Å². The maximum absolute atomic E-state index is 12.7. The van der Waals surface area contributed by atoms with Crippen molar-refractivity contribution in [2.24, 2.45) is 0 Å². The van der Waals surface area contributed by atoms with Gasteiger partial charge in [-0.2, -0.15) is 4.31 Å². The quantitative estimate of drug-likeness (QED) is 0.795. The van der Waals surface area contributed by atoms with E-state index < -0.39 is 10.0 Å². The van der Waals surface area contributed by atoms with E-state index in [1.54, 1.807) is 19.2 Å². The van der Waals surface area contributed by atoms with Crippen LogP contribution in [0, 0.1) is 0 Å². The zero-order valence-corrected chi connectivity index (χ0v) is 14.9. The highest BCUT2D eigenvalue weighted by molar-refractivity contribution is 9.10. The minimum Gasteiger partial charge on any atom is -0.486 e. The lowest BCUT2D eigenvalue weighted by Crippen LogP contribution is -2.27. The maximum atomic E-state index is 12.7. The summed E-state index contributed by atoms with van der Waals surface area (Å²) >= 11 is 3.44. The Kier molecular flexibility index (Phi) is 4.61. The first-order chi connectivity index (χ1) is 11.0. The Hall–Kier alpha value is -1.57. The first-order valence-electron chi connectivity index (χ1n) is 7.08. The largest absolute Gasteiger partial charge is 0.486 e. The molecule has 0 radical (unpaired) electrons. The smallest absolute Gasteiger partial charge is 0.243 e. The molecule has 2 aromatic carbocycles. The highest BCUT2D eigenvalue weighted by Gasteiger charge is 2.24. The molecule has 0 N–H and O–H groups in total. The summed E-state index contributed by atoms with van der Waals surface area (Å²) in [6.45, 7) is 1.17. The van der Waals surface area contributed by atoms with Crippen molar-refractivity contribution < 1.29 is 17.9 Å². The SMILES string of the molecule is CN(Cc1ccccc1Br)S(=O)(=O)c1ccc2c(c1)OCCO2. The fraction of sp³-hybridized carbons (Fsp3) is 0.250. The summed E-state index contributed by atoms with van der Waals surface area (Å²) in [5.74, 6) is 1.04. The van der Waals surface area contributed by atoms with Crippen LogP contribution in [-0.4, -0.2) is 33.0 Å². The third-order valence-electron chi connectivity index (χ3n) is 3.57. The number of fused-ring (bicyclic) bond motifs is 1. The highest BCUT2D eigenvalue weighted by atomic mass is 79.9. The van der Waals surface area contributed by atoms with Crippen molar-refractivity contribution in [3.63, 3.8) is 0 Å². The van der Waals surface area contributed by atoms with Crippen molar-refractivity contribution in [1.29, 1.82) is 0 Å². The molecule has 0 spiro atoms. The van der Waals surface area contributed by atoms with Crippen molar-refractivity contribution in [3.05, 3.63) is 52.5 Å². The van der Waals surface area contributed by atoms with Crippen molar-refractivity contribution in [2.45, 2.75) is 11.4 Å². The average Bonchev–Trinajstić information content (AvgIpc) is 2.56. The molecule has 0 saturated heterocycles. The van der Waals surface area contributed by atoms with Crippen molar-refractivity contribution in [2.75, 3.05) is 20.3 Å². The average molecular weight is 398 g/mol. The summed E-state index contributed by atoms with van der Waals surface area (Å²) in [7, 11) is -2.05. The molecule has 0 unspecified atom stereocenters. The minimum atomic E-state index is -3.61. The van der Waals surface area contributed by atoms with Crippen LogP contribution in [0.1, 0.15) is 5.56 Å². The minimum absolute atomic E-state index is 0.191. The lowest BCUT2D eigenvalue weighted by molar-refractivity contribution is 0.171. The molecule has 1 aliphatic heterocycles. The fourth-order valence-electron chi connectivity index (χ4n) is 2.32. The van der Waals surface area contributed by atoms with Gasteiger partial charge in [0.1, 0.15) is 13.2 Å². The van der Waals surface area contributed by atoms with E-state index in [9.17, 15) is 8.42 Å². The van der Waals surface area contributed by atoms with E-state index in [1.165, 1.54) is 10.4 Å². The van der Waals surface area contributed by atoms with Gasteiger partial charge >= 0.3 is 0 Å². The third-order valence-corrected chi connectivity index (χ3v) is 6.15. The first kappa shape index (κ1) is 16.3. The number of ether oxygens (including phenoxy) is 2. The maximum Gasteiger partial charge on any atom is 0.243 e. The topological polar surface area (TPSA) is 55.8 Å². The van der Waals surface area contributed by atoms with Gasteiger partial charge in [0, 0.05) is 24.1 Å². The van der Waals surface area contributed by atoms with E-state index in [4.69, 9.17) is 9.47 Å². The van der Waals surface area contributed by atoms with Crippen molar-refractivity contribution >= 4 is 26.0 Å². The Morgan fingerprint density at radius 3 is 2.52 bits per heavy atom. The predicted molar refractivity (Wildman–Crippen MR) is 90.2 cm³/mol. The van der Waals surface area contributed by atoms with Crippen LogP contribution >= 0.6 is 15.9 Å². The molecule has 0 aliphatic carbocycles. The number of nitrogens with zero attached hydrogens (tertiary/aromatic N) is 1. The second-order valence-corrected chi connectivity index (χ2v) is 8.06. The van der Waals surface area contributed by atoms with Gasteiger partial charge in [-0.1, -0.05) is 34.1 Å². The summed E-state index contributed by atoms with van der Waals surface area (Å²) in [4.78, 5) is 0.191. The van der Waals surface area contributed by atoms with E-state index in [-0.39, 0.29) is 11.4 Å². The molecule has 0 amide bonds. The first-order valence-corrected chi connectivity index (χ1v) is 9.31. The summed E-state index contributed by atoms with van der Waals surface area (Å²) < 4.78 is 38.6. The van der Waals surface area contributed by atoms with Crippen LogP contribution in [0.3, 0.4) is 0 Å². The summed E-state index contributed by atoms with van der Waals surface area (Å²) in [5, 5.41) is 0. The van der Waals surface area contributed by atoms with Crippen LogP contribution in [-0.2, 0) is 16.6 Å². The molecule has 0 saturated carbocycles. The molecular weight excluding hydrogens is 382 g/mol. The Bertz CT molecular complexity index is 823. The number of sulfonamides is 1. The number of rotatable bonds is 4. The molecule has 1 aliphatic rings. The molecular formula is C16H16BrNO4S. The Morgan fingerprint density at radius 1 is 1.09 bits per heavy atom. The number of benzene rings is 2. The van der Waals surface area contributed by atoms with Gasteiger partial charge in [-0.25, -0.2) is 8.42 Å². The van der Waals surface area contributed by atoms with Gasteiger partial charge in [0.2, 0.25) is 10.0 Å². The summed E-state index contributed by atoms with van der Waals surface area (Å²) in [6, 6.07) is 12.2. The zero-order valence-electron chi connectivity index (χ0n) is 12.5. The monoisotopic (exact) mass is 397 g/mol. The van der Waals surface area contributed by atoms with Crippen LogP contribution in [0.2, 0.25) is 0 Å². The van der Waals surface area contributed by atoms with E-state index in [0.29, 0.717) is 24.7 Å². The van der Waals surface area contributed by atoms with E-state index >= 15 is 0 Å². The highest BCUT2D eigenvalue weighted by Crippen LogP contribution is 2.33. The molecule has 7 heteroatoms. The predicted octanol–water partition coefficient (Wildman–Crippen LogP) is 3.04. The Balaban J connectivity index is 1.87. The Morgan fingerprint density at radius 2 is 1.78 bits per heavy atom. The van der Waals surface area contributed by atoms with Gasteiger partial charge in [0.15, 0.2) is 11.5 Å². The molecule has 23 heavy (non-hydrogen) atoms. The Labute approximate surface area is 144 Å². The summed E-state index contributed by atoms with van der Waals surface area (Å²) in [6.07, 6.45) is 0. The second kappa shape index (κ2) is 6.51. The van der Waals surface area contributed by atoms with Crippen LogP contribution in [0.4, 0.5) is 0 Å². The molecule has 2 aromatic rings. The fourth-order valence-corrected chi connectivity index (χ4v) is 3.89. The van der Waals surface area contributed by atoms with Crippen LogP contribution in [0.5, 0.6) is 11.5 Å². The van der Waals surface area contributed by atoms with Gasteiger partial charge in [0.05, 0.1) is 4.90 Å². The van der Waals surface area contributed by atoms with Gasteiger partial charge in [-0.3, -0.25) is 0 Å². The third kappa shape index (κ3) is 3.36. The van der Waals surface area contributed by atoms with E-state index in [2.05, 4.69) is 15.9 Å². The van der Waals surface area contributed by atoms with Crippen molar-refractivity contribution in [3.8, 4) is 11.5 Å². The van der Waals surface area contributed by atoms with E-state index in [0.717, 1.165) is 10.0 Å². The molecule has 0 bridgehead atoms. The molecule has 122 valence electrons. The van der Waals surface area contributed by atoms with Crippen LogP contribution in [0.25, 0.3) is 0 Å². The van der Waals surface area contributed by atoms with Crippen molar-refractivity contribution in [1.82, 2.24) is 4.31 Å². The van der Waals surface area contributed by atoms with Gasteiger partial charge < -0.3 is 9.47 Å². The molecule has 0 aromatic heterocycles. The molecule has 5 nitrogen and oxygen atoms in total. The van der Waals surface area contributed by atoms with E-state index in [1.807, 2.05) is 24.3 Å². The summed E-state index contributed by atoms with van der Waals surface area (Å²) in [5.41, 5.74) is 0.899. The molecule has 3 rings (SSSR count). The van der Waals surface area contributed by atoms with Gasteiger partial charge in [0.25, 0.3) is 0 Å². The van der Waals surface area contributed by atoms with Crippen LogP contribution in [0.15, 0.2) is 51.8 Å². The number of hydrogen-bond acceptors (Lipinski definition) is 4. The number of hydrogen-bond donors (Lipinski definition) is 0. The van der Waals surface area contributed by atoms with Gasteiger partial charge in [-0.05, 0) is 23.8 Å². The zero-order chi connectivity index (χ0) is 16.4. The molecule has 0 fully saturated rings.